The van der Waals surface area contributed by atoms with E-state index in [4.69, 9.17) is 21.1 Å². The van der Waals surface area contributed by atoms with Gasteiger partial charge in [0.25, 0.3) is 0 Å². The van der Waals surface area contributed by atoms with Gasteiger partial charge in [-0.15, -0.1) is 0 Å². The fourth-order valence-corrected chi connectivity index (χ4v) is 6.35. The zero-order chi connectivity index (χ0) is 19.4. The van der Waals surface area contributed by atoms with Gasteiger partial charge in [-0.2, -0.15) is 0 Å². The molecule has 0 saturated carbocycles. The molecule has 0 spiro atoms. The first-order chi connectivity index (χ1) is 12.7. The average Bonchev–Trinajstić information content (AvgIpc) is 2.64. The number of halogens is 3. The van der Waals surface area contributed by atoms with E-state index in [1.165, 1.54) is 24.3 Å². The Hall–Kier alpha value is -1.74. The highest BCUT2D eigenvalue weighted by molar-refractivity contribution is 7.92. The molecule has 1 fully saturated rings. The Morgan fingerprint density at radius 2 is 1.70 bits per heavy atom. The van der Waals surface area contributed by atoms with Gasteiger partial charge in [-0.05, 0) is 42.8 Å². The van der Waals surface area contributed by atoms with Gasteiger partial charge in [0, 0.05) is 11.6 Å². The van der Waals surface area contributed by atoms with Gasteiger partial charge in [-0.1, -0.05) is 11.6 Å². The van der Waals surface area contributed by atoms with Crippen LogP contribution in [0.1, 0.15) is 12.0 Å². The van der Waals surface area contributed by atoms with Crippen molar-refractivity contribution in [3.8, 4) is 5.75 Å². The van der Waals surface area contributed by atoms with Crippen molar-refractivity contribution in [1.29, 1.82) is 0 Å². The van der Waals surface area contributed by atoms with E-state index in [1.54, 1.807) is 0 Å². The molecule has 2 aromatic carbocycles. The van der Waals surface area contributed by atoms with Crippen molar-refractivity contribution >= 4 is 21.4 Å². The van der Waals surface area contributed by atoms with Gasteiger partial charge >= 0.3 is 0 Å². The molecule has 4 rings (SSSR count). The molecule has 2 aliphatic rings. The number of rotatable bonds is 2. The van der Waals surface area contributed by atoms with Crippen LogP contribution in [0.15, 0.2) is 41.3 Å². The molecule has 0 bridgehead atoms. The van der Waals surface area contributed by atoms with Crippen LogP contribution in [0.5, 0.6) is 5.75 Å². The van der Waals surface area contributed by atoms with E-state index in [0.717, 1.165) is 12.1 Å². The third kappa shape index (κ3) is 2.44. The minimum absolute atomic E-state index is 0.0511. The van der Waals surface area contributed by atoms with Crippen molar-refractivity contribution in [1.82, 2.24) is 0 Å². The van der Waals surface area contributed by atoms with Crippen LogP contribution in [-0.4, -0.2) is 38.9 Å². The second-order valence-electron chi connectivity index (χ2n) is 6.64. The van der Waals surface area contributed by atoms with Crippen molar-refractivity contribution < 1.29 is 31.8 Å². The minimum atomic E-state index is -4.39. The van der Waals surface area contributed by atoms with Crippen molar-refractivity contribution in [2.24, 2.45) is 0 Å². The second-order valence-corrected chi connectivity index (χ2v) is 9.25. The molecule has 0 aromatic heterocycles. The second kappa shape index (κ2) is 6.13. The molecule has 27 heavy (non-hydrogen) atoms. The first-order valence-corrected chi connectivity index (χ1v) is 10.0. The largest absolute Gasteiger partial charge is 0.487 e. The molecule has 0 unspecified atom stereocenters. The number of benzene rings is 2. The van der Waals surface area contributed by atoms with Gasteiger partial charge in [0.2, 0.25) is 0 Å². The highest BCUT2D eigenvalue weighted by Gasteiger charge is 2.67. The molecule has 2 aromatic rings. The summed E-state index contributed by atoms with van der Waals surface area (Å²) in [6.07, 6.45) is -0.259. The Kier molecular flexibility index (Phi) is 4.23. The minimum Gasteiger partial charge on any atom is -0.487 e. The SMILES string of the molecule is O=S(=O)(c1ccc(Cl)cc1)[C@]12CCOC[C@@]1(O)COc1c(F)ccc(F)c12. The smallest absolute Gasteiger partial charge is 0.191 e. The van der Waals surface area contributed by atoms with Crippen molar-refractivity contribution in [2.45, 2.75) is 21.7 Å². The highest BCUT2D eigenvalue weighted by Crippen LogP contribution is 2.55. The van der Waals surface area contributed by atoms with E-state index in [9.17, 15) is 22.3 Å². The van der Waals surface area contributed by atoms with Crippen LogP contribution >= 0.6 is 11.6 Å². The molecule has 0 radical (unpaired) electrons. The summed E-state index contributed by atoms with van der Waals surface area (Å²) in [6.45, 7) is -0.993. The quantitative estimate of drug-likeness (QED) is 0.815. The van der Waals surface area contributed by atoms with E-state index >= 15 is 0 Å². The summed E-state index contributed by atoms with van der Waals surface area (Å²) in [4.78, 5) is -0.163. The van der Waals surface area contributed by atoms with E-state index < -0.39 is 56.3 Å². The maximum atomic E-state index is 14.9. The Bertz CT molecular complexity index is 1010. The normalized spacial score (nSPS) is 27.4. The lowest BCUT2D eigenvalue weighted by atomic mass is 9.76. The van der Waals surface area contributed by atoms with E-state index in [-0.39, 0.29) is 17.9 Å². The summed E-state index contributed by atoms with van der Waals surface area (Å²) in [5.41, 5.74) is -2.60. The molecule has 1 N–H and O–H groups in total. The molecular weight excluding hydrogens is 402 g/mol. The lowest BCUT2D eigenvalue weighted by molar-refractivity contribution is -0.144. The van der Waals surface area contributed by atoms with Crippen LogP contribution in [0.25, 0.3) is 0 Å². The van der Waals surface area contributed by atoms with Gasteiger partial charge in [0.05, 0.1) is 17.1 Å². The highest BCUT2D eigenvalue weighted by atomic mass is 35.5. The van der Waals surface area contributed by atoms with Crippen molar-refractivity contribution in [3.63, 3.8) is 0 Å². The summed E-state index contributed by atoms with van der Waals surface area (Å²) < 4.78 is 64.9. The van der Waals surface area contributed by atoms with Crippen molar-refractivity contribution in [3.05, 3.63) is 58.6 Å². The first-order valence-electron chi connectivity index (χ1n) is 8.14. The van der Waals surface area contributed by atoms with Crippen LogP contribution in [0.3, 0.4) is 0 Å². The van der Waals surface area contributed by atoms with Gasteiger partial charge in [-0.25, -0.2) is 17.2 Å². The molecule has 144 valence electrons. The zero-order valence-electron chi connectivity index (χ0n) is 13.9. The summed E-state index contributed by atoms with van der Waals surface area (Å²) in [6, 6.07) is 7.00. The summed E-state index contributed by atoms with van der Waals surface area (Å²) in [7, 11) is -4.39. The van der Waals surface area contributed by atoms with Gasteiger partial charge in [0.1, 0.15) is 22.8 Å². The predicted octanol–water partition coefficient (Wildman–Crippen LogP) is 2.83. The zero-order valence-corrected chi connectivity index (χ0v) is 15.5. The third-order valence-corrected chi connectivity index (χ3v) is 8.04. The number of aliphatic hydroxyl groups is 1. The van der Waals surface area contributed by atoms with Crippen LogP contribution < -0.4 is 4.74 Å². The van der Waals surface area contributed by atoms with Gasteiger partial charge in [-0.3, -0.25) is 0 Å². The number of fused-ring (bicyclic) bond motifs is 3. The molecule has 2 aliphatic heterocycles. The molecular formula is C18H15ClF2O5S. The molecule has 1 saturated heterocycles. The van der Waals surface area contributed by atoms with Crippen LogP contribution in [0, 0.1) is 11.6 Å². The van der Waals surface area contributed by atoms with Crippen molar-refractivity contribution in [2.75, 3.05) is 19.8 Å². The molecule has 0 amide bonds. The Labute approximate surface area is 159 Å². The number of ether oxygens (including phenoxy) is 2. The lowest BCUT2D eigenvalue weighted by Gasteiger charge is -2.51. The monoisotopic (exact) mass is 416 g/mol. The summed E-state index contributed by atoms with van der Waals surface area (Å²) in [5, 5.41) is 11.5. The fourth-order valence-electron chi connectivity index (χ4n) is 3.90. The van der Waals surface area contributed by atoms with E-state index in [1.807, 2.05) is 0 Å². The summed E-state index contributed by atoms with van der Waals surface area (Å²) in [5.74, 6) is -2.37. The number of hydrogen-bond donors (Lipinski definition) is 1. The maximum absolute atomic E-state index is 14.9. The fraction of sp³-hybridized carbons (Fsp3) is 0.333. The molecule has 2 atom stereocenters. The Morgan fingerprint density at radius 1 is 1.04 bits per heavy atom. The topological polar surface area (TPSA) is 72.8 Å². The molecule has 5 nitrogen and oxygen atoms in total. The number of sulfone groups is 1. The van der Waals surface area contributed by atoms with Crippen LogP contribution in [0.2, 0.25) is 5.02 Å². The Morgan fingerprint density at radius 3 is 2.41 bits per heavy atom. The third-order valence-electron chi connectivity index (χ3n) is 5.19. The van der Waals surface area contributed by atoms with Crippen LogP contribution in [-0.2, 0) is 19.3 Å². The standard InChI is InChI=1S/C18H15ClF2O5S/c19-11-1-3-12(4-2-11)27(23,24)18-7-8-25-9-17(18,22)10-26-16-14(21)6-5-13(20)15(16)18/h1-6,22H,7-10H2/t17-,18+/m1/s1. The Balaban J connectivity index is 2.08. The molecule has 2 heterocycles. The lowest BCUT2D eigenvalue weighted by Crippen LogP contribution is -2.67. The van der Waals surface area contributed by atoms with Gasteiger partial charge < -0.3 is 14.6 Å². The average molecular weight is 417 g/mol. The molecule has 9 heteroatoms. The summed E-state index contributed by atoms with van der Waals surface area (Å²) >= 11 is 5.84. The number of hydrogen-bond acceptors (Lipinski definition) is 5. The van der Waals surface area contributed by atoms with Crippen LogP contribution in [0.4, 0.5) is 8.78 Å². The van der Waals surface area contributed by atoms with E-state index in [2.05, 4.69) is 0 Å². The van der Waals surface area contributed by atoms with Gasteiger partial charge in [0.15, 0.2) is 21.4 Å². The van der Waals surface area contributed by atoms with E-state index in [0.29, 0.717) is 5.02 Å². The predicted molar refractivity (Wildman–Crippen MR) is 92.6 cm³/mol. The first kappa shape index (κ1) is 18.6. The maximum Gasteiger partial charge on any atom is 0.191 e. The molecule has 0 aliphatic carbocycles.